The van der Waals surface area contributed by atoms with E-state index in [0.29, 0.717) is 18.4 Å². The molecule has 134 valence electrons. The predicted molar refractivity (Wildman–Crippen MR) is 99.2 cm³/mol. The third-order valence-corrected chi connectivity index (χ3v) is 6.11. The lowest BCUT2D eigenvalue weighted by Gasteiger charge is -2.39. The molecule has 0 unspecified atom stereocenters. The van der Waals surface area contributed by atoms with Gasteiger partial charge < -0.3 is 9.64 Å². The number of hydrogen-bond acceptors (Lipinski definition) is 2. The van der Waals surface area contributed by atoms with E-state index in [2.05, 4.69) is 41.3 Å². The van der Waals surface area contributed by atoms with Crippen LogP contribution in [0.25, 0.3) is 0 Å². The van der Waals surface area contributed by atoms with E-state index >= 15 is 0 Å². The molecule has 4 rings (SSSR count). The molecule has 0 bridgehead atoms. The van der Waals surface area contributed by atoms with E-state index in [-0.39, 0.29) is 12.0 Å². The Morgan fingerprint density at radius 2 is 2.08 bits per heavy atom. The van der Waals surface area contributed by atoms with Crippen molar-refractivity contribution in [1.82, 2.24) is 4.90 Å². The molecule has 1 heterocycles. The molecule has 25 heavy (non-hydrogen) atoms. The van der Waals surface area contributed by atoms with Crippen LogP contribution in [0, 0.1) is 11.8 Å². The summed E-state index contributed by atoms with van der Waals surface area (Å²) in [6.45, 7) is 2.24. The molecule has 0 N–H and O–H groups in total. The SMILES string of the molecule is O=C([C@@H]1CCOC1)N(C[C@@H]1CC=CCC1)[C@H]1CCCc2ccccc21. The molecule has 0 spiro atoms. The van der Waals surface area contributed by atoms with E-state index in [0.717, 1.165) is 45.3 Å². The Morgan fingerprint density at radius 1 is 1.16 bits per heavy atom. The second-order valence-electron chi connectivity index (χ2n) is 7.81. The van der Waals surface area contributed by atoms with Crippen molar-refractivity contribution >= 4 is 5.91 Å². The normalized spacial score (nSPS) is 28.6. The van der Waals surface area contributed by atoms with Crippen molar-refractivity contribution in [2.45, 2.75) is 51.0 Å². The van der Waals surface area contributed by atoms with Gasteiger partial charge >= 0.3 is 0 Å². The number of fused-ring (bicyclic) bond motifs is 1. The molecule has 3 heteroatoms. The number of allylic oxidation sites excluding steroid dienone is 2. The van der Waals surface area contributed by atoms with Gasteiger partial charge in [-0.3, -0.25) is 4.79 Å². The number of ether oxygens (including phenoxy) is 1. The lowest BCUT2D eigenvalue weighted by Crippen LogP contribution is -2.43. The van der Waals surface area contributed by atoms with Crippen LogP contribution in [0.3, 0.4) is 0 Å². The summed E-state index contributed by atoms with van der Waals surface area (Å²) in [4.78, 5) is 15.6. The fourth-order valence-electron chi connectivity index (χ4n) is 4.69. The van der Waals surface area contributed by atoms with Crippen LogP contribution in [-0.4, -0.2) is 30.6 Å². The third-order valence-electron chi connectivity index (χ3n) is 6.11. The molecule has 1 aliphatic heterocycles. The van der Waals surface area contributed by atoms with Crippen LogP contribution in [0.4, 0.5) is 0 Å². The van der Waals surface area contributed by atoms with Crippen LogP contribution in [0.15, 0.2) is 36.4 Å². The fourth-order valence-corrected chi connectivity index (χ4v) is 4.69. The highest BCUT2D eigenvalue weighted by Gasteiger charge is 2.35. The van der Waals surface area contributed by atoms with E-state index in [1.165, 1.54) is 24.0 Å². The van der Waals surface area contributed by atoms with Gasteiger partial charge in [-0.15, -0.1) is 0 Å². The summed E-state index contributed by atoms with van der Waals surface area (Å²) in [6.07, 6.45) is 12.3. The summed E-state index contributed by atoms with van der Waals surface area (Å²) < 4.78 is 5.52. The van der Waals surface area contributed by atoms with Crippen LogP contribution in [0.5, 0.6) is 0 Å². The minimum atomic E-state index is 0.0632. The van der Waals surface area contributed by atoms with Crippen molar-refractivity contribution in [3.8, 4) is 0 Å². The molecule has 0 aromatic heterocycles. The van der Waals surface area contributed by atoms with Crippen molar-refractivity contribution in [2.24, 2.45) is 11.8 Å². The van der Waals surface area contributed by atoms with Crippen LogP contribution in [0.1, 0.15) is 55.7 Å². The number of nitrogens with zero attached hydrogens (tertiary/aromatic N) is 1. The van der Waals surface area contributed by atoms with Gasteiger partial charge in [0, 0.05) is 13.2 Å². The van der Waals surface area contributed by atoms with Gasteiger partial charge in [0.1, 0.15) is 0 Å². The number of carbonyl (C=O) groups excluding carboxylic acids is 1. The first kappa shape index (κ1) is 16.8. The van der Waals surface area contributed by atoms with Crippen molar-refractivity contribution in [1.29, 1.82) is 0 Å². The van der Waals surface area contributed by atoms with Crippen LogP contribution in [0.2, 0.25) is 0 Å². The van der Waals surface area contributed by atoms with E-state index < -0.39 is 0 Å². The predicted octanol–water partition coefficient (Wildman–Crippen LogP) is 4.29. The second-order valence-corrected chi connectivity index (χ2v) is 7.81. The summed E-state index contributed by atoms with van der Waals surface area (Å²) >= 11 is 0. The Kier molecular flexibility index (Phi) is 5.21. The summed E-state index contributed by atoms with van der Waals surface area (Å²) in [6, 6.07) is 8.99. The summed E-state index contributed by atoms with van der Waals surface area (Å²) in [5.74, 6) is 0.993. The highest BCUT2D eigenvalue weighted by molar-refractivity contribution is 5.80. The van der Waals surface area contributed by atoms with Gasteiger partial charge in [-0.1, -0.05) is 36.4 Å². The van der Waals surface area contributed by atoms with Gasteiger partial charge in [0.2, 0.25) is 5.91 Å². The Labute approximate surface area is 151 Å². The van der Waals surface area contributed by atoms with Gasteiger partial charge in [-0.05, 0) is 62.0 Å². The average molecular weight is 339 g/mol. The van der Waals surface area contributed by atoms with Crippen LogP contribution in [-0.2, 0) is 16.0 Å². The Bertz CT molecular complexity index is 633. The van der Waals surface area contributed by atoms with Gasteiger partial charge in [0.25, 0.3) is 0 Å². The van der Waals surface area contributed by atoms with E-state index in [1.54, 1.807) is 0 Å². The number of carbonyl (C=O) groups is 1. The number of aryl methyl sites for hydroxylation is 1. The molecule has 3 aliphatic rings. The lowest BCUT2D eigenvalue weighted by atomic mass is 9.85. The monoisotopic (exact) mass is 339 g/mol. The van der Waals surface area contributed by atoms with Crippen LogP contribution < -0.4 is 0 Å². The third kappa shape index (κ3) is 3.67. The smallest absolute Gasteiger partial charge is 0.228 e. The van der Waals surface area contributed by atoms with Crippen molar-refractivity contribution in [3.05, 3.63) is 47.5 Å². The van der Waals surface area contributed by atoms with E-state index in [9.17, 15) is 4.79 Å². The maximum absolute atomic E-state index is 13.4. The molecule has 3 nitrogen and oxygen atoms in total. The van der Waals surface area contributed by atoms with E-state index in [4.69, 9.17) is 4.74 Å². The Morgan fingerprint density at radius 3 is 2.88 bits per heavy atom. The molecule has 1 amide bonds. The maximum Gasteiger partial charge on any atom is 0.228 e. The Hall–Kier alpha value is -1.61. The molecule has 1 aromatic rings. The number of rotatable bonds is 4. The molecule has 1 saturated heterocycles. The highest BCUT2D eigenvalue weighted by atomic mass is 16.5. The molecule has 3 atom stereocenters. The van der Waals surface area contributed by atoms with Gasteiger partial charge in [-0.25, -0.2) is 0 Å². The van der Waals surface area contributed by atoms with Crippen molar-refractivity contribution in [2.75, 3.05) is 19.8 Å². The molecule has 0 saturated carbocycles. The molecule has 1 aromatic carbocycles. The van der Waals surface area contributed by atoms with Crippen molar-refractivity contribution in [3.63, 3.8) is 0 Å². The Balaban J connectivity index is 1.60. The first-order valence-electron chi connectivity index (χ1n) is 9.94. The topological polar surface area (TPSA) is 29.5 Å². The molecule has 0 radical (unpaired) electrons. The number of amides is 1. The second kappa shape index (κ2) is 7.74. The summed E-state index contributed by atoms with van der Waals surface area (Å²) in [5, 5.41) is 0. The zero-order valence-corrected chi connectivity index (χ0v) is 15.0. The molecular weight excluding hydrogens is 310 g/mol. The minimum Gasteiger partial charge on any atom is -0.381 e. The van der Waals surface area contributed by atoms with Gasteiger partial charge in [0.05, 0.1) is 18.6 Å². The minimum absolute atomic E-state index is 0.0632. The zero-order chi connectivity index (χ0) is 17.1. The first-order chi connectivity index (χ1) is 12.3. The molecule has 2 aliphatic carbocycles. The fraction of sp³-hybridized carbons (Fsp3) is 0.591. The van der Waals surface area contributed by atoms with E-state index in [1.807, 2.05) is 0 Å². The highest BCUT2D eigenvalue weighted by Crippen LogP contribution is 2.37. The van der Waals surface area contributed by atoms with Crippen molar-refractivity contribution < 1.29 is 9.53 Å². The summed E-state index contributed by atoms with van der Waals surface area (Å²) in [7, 11) is 0. The standard InChI is InChI=1S/C22H29NO2/c24-22(19-13-14-25-16-19)23(15-17-7-2-1-3-8-17)21-12-6-10-18-9-4-5-11-20(18)21/h1-2,4-5,9,11,17,19,21H,3,6-8,10,12-16H2/t17-,19-,21+/m1/s1. The lowest BCUT2D eigenvalue weighted by molar-refractivity contribution is -0.139. The molecule has 1 fully saturated rings. The maximum atomic E-state index is 13.4. The van der Waals surface area contributed by atoms with Gasteiger partial charge in [-0.2, -0.15) is 0 Å². The summed E-state index contributed by atoms with van der Waals surface area (Å²) in [5.41, 5.74) is 2.81. The quantitative estimate of drug-likeness (QED) is 0.766. The largest absolute Gasteiger partial charge is 0.381 e. The first-order valence-corrected chi connectivity index (χ1v) is 9.94. The number of benzene rings is 1. The zero-order valence-electron chi connectivity index (χ0n) is 15.0. The number of hydrogen-bond donors (Lipinski definition) is 0. The van der Waals surface area contributed by atoms with Crippen LogP contribution >= 0.6 is 0 Å². The van der Waals surface area contributed by atoms with Gasteiger partial charge in [0.15, 0.2) is 0 Å². The average Bonchev–Trinajstić information content (AvgIpc) is 3.21. The molecular formula is C22H29NO2.